The lowest BCUT2D eigenvalue weighted by molar-refractivity contribution is -0.155. The van der Waals surface area contributed by atoms with Gasteiger partial charge in [-0.15, -0.1) is 0 Å². The summed E-state index contributed by atoms with van der Waals surface area (Å²) < 4.78 is 5.88. The summed E-state index contributed by atoms with van der Waals surface area (Å²) in [6.45, 7) is 3.81. The molecule has 0 radical (unpaired) electrons. The molecule has 0 spiro atoms. The lowest BCUT2D eigenvalue weighted by Crippen LogP contribution is -2.52. The van der Waals surface area contributed by atoms with E-state index >= 15 is 0 Å². The standard InChI is InChI=1S/C17H24N2O4/c1-17(2,16(22)19-10-6-9-14(19)15(20)21)23-13-8-5-7-12(11-13)18(3)4/h5,7-8,11,14H,6,9-10H2,1-4H3,(H,20,21). The van der Waals surface area contributed by atoms with Crippen LogP contribution in [-0.4, -0.2) is 54.2 Å². The molecule has 0 bridgehead atoms. The van der Waals surface area contributed by atoms with Gasteiger partial charge in [-0.2, -0.15) is 0 Å². The summed E-state index contributed by atoms with van der Waals surface area (Å²) in [6, 6.07) is 6.71. The fraction of sp³-hybridized carbons (Fsp3) is 0.529. The Balaban J connectivity index is 2.16. The Morgan fingerprint density at radius 3 is 2.65 bits per heavy atom. The summed E-state index contributed by atoms with van der Waals surface area (Å²) in [6.07, 6.45) is 1.20. The second kappa shape index (κ2) is 6.48. The van der Waals surface area contributed by atoms with Crippen molar-refractivity contribution >= 4 is 17.6 Å². The van der Waals surface area contributed by atoms with Crippen LogP contribution in [0.5, 0.6) is 5.75 Å². The monoisotopic (exact) mass is 320 g/mol. The second-order valence-corrected chi connectivity index (χ2v) is 6.50. The summed E-state index contributed by atoms with van der Waals surface area (Å²) >= 11 is 0. The highest BCUT2D eigenvalue weighted by Crippen LogP contribution is 2.27. The molecule has 1 N–H and O–H groups in total. The number of likely N-dealkylation sites (tertiary alicyclic amines) is 1. The van der Waals surface area contributed by atoms with Crippen LogP contribution in [0.3, 0.4) is 0 Å². The number of hydrogen-bond donors (Lipinski definition) is 1. The number of anilines is 1. The maximum absolute atomic E-state index is 12.7. The number of amides is 1. The largest absolute Gasteiger partial charge is 0.480 e. The van der Waals surface area contributed by atoms with Gasteiger partial charge in [0.05, 0.1) is 0 Å². The molecule has 1 aliphatic rings. The lowest BCUT2D eigenvalue weighted by atomic mass is 10.1. The summed E-state index contributed by atoms with van der Waals surface area (Å²) in [4.78, 5) is 27.4. The molecule has 1 unspecified atom stereocenters. The number of benzene rings is 1. The third-order valence-corrected chi connectivity index (χ3v) is 4.02. The third-order valence-electron chi connectivity index (χ3n) is 4.02. The van der Waals surface area contributed by atoms with Crippen LogP contribution in [0.15, 0.2) is 24.3 Å². The van der Waals surface area contributed by atoms with Gasteiger partial charge in [0.1, 0.15) is 11.8 Å². The first-order valence-corrected chi connectivity index (χ1v) is 7.72. The zero-order chi connectivity index (χ0) is 17.2. The Morgan fingerprint density at radius 2 is 2.04 bits per heavy atom. The molecule has 2 rings (SSSR count). The van der Waals surface area contributed by atoms with Crippen molar-refractivity contribution in [1.82, 2.24) is 4.90 Å². The topological polar surface area (TPSA) is 70.1 Å². The normalized spacial score (nSPS) is 17.9. The van der Waals surface area contributed by atoms with Gasteiger partial charge in [0.25, 0.3) is 5.91 Å². The lowest BCUT2D eigenvalue weighted by Gasteiger charge is -2.32. The minimum Gasteiger partial charge on any atom is -0.480 e. The first-order chi connectivity index (χ1) is 10.7. The maximum atomic E-state index is 12.7. The molecule has 1 fully saturated rings. The van der Waals surface area contributed by atoms with Crippen molar-refractivity contribution in [1.29, 1.82) is 0 Å². The summed E-state index contributed by atoms with van der Waals surface area (Å²) in [7, 11) is 3.86. The zero-order valence-electron chi connectivity index (χ0n) is 14.1. The maximum Gasteiger partial charge on any atom is 0.326 e. The Kier molecular flexibility index (Phi) is 4.82. The molecule has 1 aromatic rings. The number of hydrogen-bond acceptors (Lipinski definition) is 4. The van der Waals surface area contributed by atoms with E-state index in [4.69, 9.17) is 4.74 Å². The van der Waals surface area contributed by atoms with Crippen LogP contribution >= 0.6 is 0 Å². The van der Waals surface area contributed by atoms with E-state index in [1.54, 1.807) is 19.9 Å². The van der Waals surface area contributed by atoms with Gasteiger partial charge in [0.15, 0.2) is 5.60 Å². The van der Waals surface area contributed by atoms with Crippen molar-refractivity contribution in [3.63, 3.8) is 0 Å². The Morgan fingerprint density at radius 1 is 1.35 bits per heavy atom. The van der Waals surface area contributed by atoms with Gasteiger partial charge in [-0.1, -0.05) is 6.07 Å². The molecule has 1 saturated heterocycles. The molecule has 1 amide bonds. The predicted molar refractivity (Wildman–Crippen MR) is 87.8 cm³/mol. The van der Waals surface area contributed by atoms with Gasteiger partial charge in [0.2, 0.25) is 0 Å². The van der Waals surface area contributed by atoms with Crippen molar-refractivity contribution in [3.05, 3.63) is 24.3 Å². The molecule has 126 valence electrons. The summed E-state index contributed by atoms with van der Waals surface area (Å²) in [5, 5.41) is 9.25. The van der Waals surface area contributed by atoms with Crippen molar-refractivity contribution in [2.24, 2.45) is 0 Å². The van der Waals surface area contributed by atoms with Crippen molar-refractivity contribution in [3.8, 4) is 5.75 Å². The van der Waals surface area contributed by atoms with E-state index in [9.17, 15) is 14.7 Å². The van der Waals surface area contributed by atoms with Gasteiger partial charge >= 0.3 is 5.97 Å². The number of aliphatic carboxylic acids is 1. The van der Waals surface area contributed by atoms with Crippen LogP contribution in [-0.2, 0) is 9.59 Å². The van der Waals surface area contributed by atoms with E-state index < -0.39 is 17.6 Å². The Hall–Kier alpha value is -2.24. The molecule has 1 aromatic carbocycles. The minimum absolute atomic E-state index is 0.294. The minimum atomic E-state index is -1.12. The van der Waals surface area contributed by atoms with Crippen LogP contribution in [0.2, 0.25) is 0 Å². The molecular formula is C17H24N2O4. The van der Waals surface area contributed by atoms with E-state index in [1.807, 2.05) is 37.2 Å². The number of carbonyl (C=O) groups is 2. The second-order valence-electron chi connectivity index (χ2n) is 6.50. The third kappa shape index (κ3) is 3.75. The fourth-order valence-electron chi connectivity index (χ4n) is 2.78. The van der Waals surface area contributed by atoms with Crippen molar-refractivity contribution in [2.45, 2.75) is 38.3 Å². The number of rotatable bonds is 5. The molecule has 1 atom stereocenters. The number of carbonyl (C=O) groups excluding carboxylic acids is 1. The van der Waals surface area contributed by atoms with E-state index in [0.29, 0.717) is 25.1 Å². The van der Waals surface area contributed by atoms with E-state index in [1.165, 1.54) is 4.90 Å². The first kappa shape index (κ1) is 17.1. The Labute approximate surface area is 136 Å². The smallest absolute Gasteiger partial charge is 0.326 e. The Bertz CT molecular complexity index is 598. The van der Waals surface area contributed by atoms with Crippen LogP contribution in [0.25, 0.3) is 0 Å². The average Bonchev–Trinajstić information content (AvgIpc) is 2.95. The highest BCUT2D eigenvalue weighted by atomic mass is 16.5. The molecule has 1 aliphatic heterocycles. The molecule has 0 saturated carbocycles. The number of nitrogens with zero attached hydrogens (tertiary/aromatic N) is 2. The van der Waals surface area contributed by atoms with E-state index in [-0.39, 0.29) is 5.91 Å². The highest BCUT2D eigenvalue weighted by Gasteiger charge is 2.42. The molecule has 6 nitrogen and oxygen atoms in total. The summed E-state index contributed by atoms with van der Waals surface area (Å²) in [5.41, 5.74) is -0.154. The molecule has 0 aliphatic carbocycles. The van der Waals surface area contributed by atoms with Gasteiger partial charge < -0.3 is 19.6 Å². The SMILES string of the molecule is CN(C)c1cccc(OC(C)(C)C(=O)N2CCCC2C(=O)O)c1. The summed E-state index contributed by atoms with van der Waals surface area (Å²) in [5.74, 6) is -0.667. The first-order valence-electron chi connectivity index (χ1n) is 7.72. The van der Waals surface area contributed by atoms with Crippen LogP contribution in [0.4, 0.5) is 5.69 Å². The quantitative estimate of drug-likeness (QED) is 0.898. The van der Waals surface area contributed by atoms with Gasteiger partial charge in [-0.05, 0) is 38.8 Å². The van der Waals surface area contributed by atoms with Crippen molar-refractivity contribution < 1.29 is 19.4 Å². The zero-order valence-corrected chi connectivity index (χ0v) is 14.1. The highest BCUT2D eigenvalue weighted by molar-refractivity contribution is 5.89. The van der Waals surface area contributed by atoms with Gasteiger partial charge in [0, 0.05) is 32.4 Å². The van der Waals surface area contributed by atoms with Crippen molar-refractivity contribution in [2.75, 3.05) is 25.5 Å². The van der Waals surface area contributed by atoms with Gasteiger partial charge in [-0.3, -0.25) is 4.79 Å². The number of carboxylic acids is 1. The van der Waals surface area contributed by atoms with E-state index in [0.717, 1.165) is 5.69 Å². The molecule has 23 heavy (non-hydrogen) atoms. The number of carboxylic acid groups (broad SMARTS) is 1. The fourth-order valence-corrected chi connectivity index (χ4v) is 2.78. The molecule has 1 heterocycles. The van der Waals surface area contributed by atoms with Crippen LogP contribution in [0, 0.1) is 0 Å². The van der Waals surface area contributed by atoms with Crippen LogP contribution < -0.4 is 9.64 Å². The van der Waals surface area contributed by atoms with Gasteiger partial charge in [-0.25, -0.2) is 4.79 Å². The number of ether oxygens (including phenoxy) is 1. The average molecular weight is 320 g/mol. The molecular weight excluding hydrogens is 296 g/mol. The molecule has 0 aromatic heterocycles. The van der Waals surface area contributed by atoms with Crippen LogP contribution in [0.1, 0.15) is 26.7 Å². The predicted octanol–water partition coefficient (Wildman–Crippen LogP) is 1.99. The van der Waals surface area contributed by atoms with E-state index in [2.05, 4.69) is 0 Å². The molecule has 6 heteroatoms.